The third-order valence-corrected chi connectivity index (χ3v) is 4.25. The molecular formula is C18H17NO3. The summed E-state index contributed by atoms with van der Waals surface area (Å²) in [7, 11) is 0. The van der Waals surface area contributed by atoms with Crippen LogP contribution in [0.5, 0.6) is 0 Å². The van der Waals surface area contributed by atoms with Crippen LogP contribution in [0.4, 0.5) is 0 Å². The lowest BCUT2D eigenvalue weighted by atomic mass is 9.87. The number of likely N-dealkylation sites (tertiary alicyclic amines) is 1. The summed E-state index contributed by atoms with van der Waals surface area (Å²) < 4.78 is 0. The van der Waals surface area contributed by atoms with Crippen LogP contribution >= 0.6 is 0 Å². The SMILES string of the molecule is O=C1CC[C@@](C(=O)O)(c2ccccc2)N1Cc1ccccc1. The number of carboxylic acids is 1. The van der Waals surface area contributed by atoms with Crippen LogP contribution in [-0.2, 0) is 21.7 Å². The Morgan fingerprint density at radius 2 is 1.64 bits per heavy atom. The number of hydrogen-bond acceptors (Lipinski definition) is 2. The molecule has 0 spiro atoms. The molecule has 0 unspecified atom stereocenters. The third kappa shape index (κ3) is 2.26. The van der Waals surface area contributed by atoms with Crippen molar-refractivity contribution in [3.8, 4) is 0 Å². The van der Waals surface area contributed by atoms with Crippen molar-refractivity contribution in [2.24, 2.45) is 0 Å². The molecule has 1 heterocycles. The maximum absolute atomic E-state index is 12.3. The molecule has 0 radical (unpaired) electrons. The molecule has 1 aliphatic rings. The number of hydrogen-bond donors (Lipinski definition) is 1. The maximum atomic E-state index is 12.3. The largest absolute Gasteiger partial charge is 0.479 e. The monoisotopic (exact) mass is 295 g/mol. The first-order valence-electron chi connectivity index (χ1n) is 7.28. The zero-order valence-electron chi connectivity index (χ0n) is 12.1. The van der Waals surface area contributed by atoms with Crippen LogP contribution in [0.2, 0.25) is 0 Å². The van der Waals surface area contributed by atoms with E-state index in [1.54, 1.807) is 12.1 Å². The summed E-state index contributed by atoms with van der Waals surface area (Å²) in [5, 5.41) is 9.89. The molecule has 1 aliphatic heterocycles. The number of benzene rings is 2. The lowest BCUT2D eigenvalue weighted by Crippen LogP contribution is -2.48. The number of rotatable bonds is 4. The van der Waals surface area contributed by atoms with Gasteiger partial charge < -0.3 is 10.0 Å². The van der Waals surface area contributed by atoms with Crippen molar-refractivity contribution in [1.82, 2.24) is 4.90 Å². The number of amides is 1. The van der Waals surface area contributed by atoms with Gasteiger partial charge in [-0.1, -0.05) is 60.7 Å². The first-order valence-corrected chi connectivity index (χ1v) is 7.28. The molecule has 4 nitrogen and oxygen atoms in total. The van der Waals surface area contributed by atoms with Crippen LogP contribution in [0.25, 0.3) is 0 Å². The lowest BCUT2D eigenvalue weighted by molar-refractivity contribution is -0.155. The summed E-state index contributed by atoms with van der Waals surface area (Å²) >= 11 is 0. The van der Waals surface area contributed by atoms with E-state index in [0.717, 1.165) is 5.56 Å². The summed E-state index contributed by atoms with van der Waals surface area (Å²) in [5.41, 5.74) is 0.317. The van der Waals surface area contributed by atoms with Gasteiger partial charge in [0.2, 0.25) is 5.91 Å². The van der Waals surface area contributed by atoms with Crippen LogP contribution in [0.15, 0.2) is 60.7 Å². The number of aliphatic carboxylic acids is 1. The summed E-state index contributed by atoms with van der Waals surface area (Å²) in [6.45, 7) is 0.306. The second-order valence-corrected chi connectivity index (χ2v) is 5.50. The second-order valence-electron chi connectivity index (χ2n) is 5.50. The molecule has 3 rings (SSSR count). The van der Waals surface area contributed by atoms with Crippen molar-refractivity contribution >= 4 is 11.9 Å². The van der Waals surface area contributed by atoms with Gasteiger partial charge in [0.15, 0.2) is 5.54 Å². The van der Waals surface area contributed by atoms with Crippen molar-refractivity contribution in [1.29, 1.82) is 0 Å². The smallest absolute Gasteiger partial charge is 0.334 e. The maximum Gasteiger partial charge on any atom is 0.334 e. The minimum Gasteiger partial charge on any atom is -0.479 e. The Kier molecular flexibility index (Phi) is 3.67. The molecule has 1 fully saturated rings. The van der Waals surface area contributed by atoms with Gasteiger partial charge in [0, 0.05) is 13.0 Å². The Hall–Kier alpha value is -2.62. The van der Waals surface area contributed by atoms with E-state index in [1.165, 1.54) is 4.90 Å². The third-order valence-electron chi connectivity index (χ3n) is 4.25. The van der Waals surface area contributed by atoms with Gasteiger partial charge in [-0.3, -0.25) is 4.79 Å². The summed E-state index contributed by atoms with van der Waals surface area (Å²) in [6.07, 6.45) is 0.562. The Balaban J connectivity index is 2.04. The number of nitrogens with zero attached hydrogens (tertiary/aromatic N) is 1. The minimum absolute atomic E-state index is 0.116. The van der Waals surface area contributed by atoms with E-state index >= 15 is 0 Å². The van der Waals surface area contributed by atoms with Gasteiger partial charge in [0.05, 0.1) is 0 Å². The number of carboxylic acid groups (broad SMARTS) is 1. The number of carbonyl (C=O) groups excluding carboxylic acids is 1. The average molecular weight is 295 g/mol. The molecule has 0 aromatic heterocycles. The predicted molar refractivity (Wildman–Crippen MR) is 82.0 cm³/mol. The molecule has 1 saturated heterocycles. The first kappa shape index (κ1) is 14.3. The summed E-state index contributed by atoms with van der Waals surface area (Å²) in [6, 6.07) is 18.5. The van der Waals surface area contributed by atoms with E-state index in [1.807, 2.05) is 48.5 Å². The zero-order valence-corrected chi connectivity index (χ0v) is 12.1. The molecular weight excluding hydrogens is 278 g/mol. The first-order chi connectivity index (χ1) is 10.6. The lowest BCUT2D eigenvalue weighted by Gasteiger charge is -2.35. The van der Waals surface area contributed by atoms with Gasteiger partial charge >= 0.3 is 5.97 Å². The van der Waals surface area contributed by atoms with Crippen molar-refractivity contribution in [2.75, 3.05) is 0 Å². The van der Waals surface area contributed by atoms with Crippen molar-refractivity contribution in [3.05, 3.63) is 71.8 Å². The molecule has 0 aliphatic carbocycles. The molecule has 22 heavy (non-hydrogen) atoms. The predicted octanol–water partition coefficient (Wildman–Crippen LogP) is 2.79. The molecule has 1 amide bonds. The van der Waals surface area contributed by atoms with Crippen molar-refractivity contribution < 1.29 is 14.7 Å². The highest BCUT2D eigenvalue weighted by atomic mass is 16.4. The summed E-state index contributed by atoms with van der Waals surface area (Å²) in [5.74, 6) is -1.09. The molecule has 0 bridgehead atoms. The zero-order chi connectivity index (χ0) is 15.6. The highest BCUT2D eigenvalue weighted by Gasteiger charge is 2.52. The van der Waals surface area contributed by atoms with E-state index in [9.17, 15) is 14.7 Å². The Morgan fingerprint density at radius 3 is 2.23 bits per heavy atom. The van der Waals surface area contributed by atoms with Crippen LogP contribution in [0.1, 0.15) is 24.0 Å². The highest BCUT2D eigenvalue weighted by molar-refractivity contribution is 5.92. The second kappa shape index (κ2) is 5.64. The van der Waals surface area contributed by atoms with E-state index in [0.29, 0.717) is 18.5 Å². The van der Waals surface area contributed by atoms with E-state index < -0.39 is 11.5 Å². The fourth-order valence-electron chi connectivity index (χ4n) is 3.12. The molecule has 1 N–H and O–H groups in total. The van der Waals surface area contributed by atoms with Crippen molar-refractivity contribution in [2.45, 2.75) is 24.9 Å². The fraction of sp³-hybridized carbons (Fsp3) is 0.222. The molecule has 1 atom stereocenters. The Morgan fingerprint density at radius 1 is 1.05 bits per heavy atom. The van der Waals surface area contributed by atoms with Crippen molar-refractivity contribution in [3.63, 3.8) is 0 Å². The Bertz CT molecular complexity index is 684. The molecule has 2 aromatic rings. The Labute approximate surface area is 129 Å². The highest BCUT2D eigenvalue weighted by Crippen LogP contribution is 2.40. The van der Waals surface area contributed by atoms with Crippen LogP contribution in [0, 0.1) is 0 Å². The van der Waals surface area contributed by atoms with Crippen LogP contribution in [-0.4, -0.2) is 21.9 Å². The van der Waals surface area contributed by atoms with Gasteiger partial charge in [0.25, 0.3) is 0 Å². The van der Waals surface area contributed by atoms with Gasteiger partial charge in [-0.25, -0.2) is 4.79 Å². The fourth-order valence-corrected chi connectivity index (χ4v) is 3.12. The van der Waals surface area contributed by atoms with E-state index in [-0.39, 0.29) is 12.3 Å². The number of carbonyl (C=O) groups is 2. The van der Waals surface area contributed by atoms with E-state index in [4.69, 9.17) is 0 Å². The summed E-state index contributed by atoms with van der Waals surface area (Å²) in [4.78, 5) is 25.9. The van der Waals surface area contributed by atoms with Crippen LogP contribution < -0.4 is 0 Å². The molecule has 112 valence electrons. The van der Waals surface area contributed by atoms with Crippen LogP contribution in [0.3, 0.4) is 0 Å². The van der Waals surface area contributed by atoms with E-state index in [2.05, 4.69) is 0 Å². The van der Waals surface area contributed by atoms with Gasteiger partial charge in [-0.05, 0) is 17.5 Å². The van der Waals surface area contributed by atoms with Gasteiger partial charge in [-0.15, -0.1) is 0 Å². The molecule has 0 saturated carbocycles. The quantitative estimate of drug-likeness (QED) is 0.943. The molecule has 2 aromatic carbocycles. The van der Waals surface area contributed by atoms with Gasteiger partial charge in [0.1, 0.15) is 0 Å². The minimum atomic E-state index is -1.27. The normalized spacial score (nSPS) is 21.1. The topological polar surface area (TPSA) is 57.6 Å². The van der Waals surface area contributed by atoms with Gasteiger partial charge in [-0.2, -0.15) is 0 Å². The average Bonchev–Trinajstić information content (AvgIpc) is 2.87. The molecule has 4 heteroatoms. The standard InChI is InChI=1S/C18H17NO3/c20-16-11-12-18(17(21)22,15-9-5-2-6-10-15)19(16)13-14-7-3-1-4-8-14/h1-10H,11-13H2,(H,21,22)/t18-/m0/s1.